The molecule has 4 aliphatic heterocycles. The summed E-state index contributed by atoms with van der Waals surface area (Å²) in [4.78, 5) is 38.0. The number of amides is 3. The van der Waals surface area contributed by atoms with E-state index in [1.807, 2.05) is 6.07 Å². The monoisotopic (exact) mass is 355 g/mol. The fraction of sp³-hybridized carbons (Fsp3) is 0.526. The van der Waals surface area contributed by atoms with Crippen LogP contribution in [0.15, 0.2) is 12.1 Å². The lowest BCUT2D eigenvalue weighted by Crippen LogP contribution is -2.52. The van der Waals surface area contributed by atoms with Gasteiger partial charge in [0.25, 0.3) is 5.91 Å². The first-order chi connectivity index (χ1) is 12.6. The second-order valence-corrected chi connectivity index (χ2v) is 7.72. The number of hydrogen-bond acceptors (Lipinski definition) is 5. The van der Waals surface area contributed by atoms with Crippen molar-refractivity contribution in [2.75, 3.05) is 19.7 Å². The molecule has 1 spiro atoms. The molecule has 3 amide bonds. The Labute approximate surface area is 151 Å². The SMILES string of the molecule is O=C1CC[C@@H](N2Cc3cc4c(cc3C2=O)OCC42CCNCC2)C(=O)N1. The third-order valence-corrected chi connectivity index (χ3v) is 6.26. The minimum Gasteiger partial charge on any atom is -0.492 e. The molecule has 7 nitrogen and oxygen atoms in total. The van der Waals surface area contributed by atoms with E-state index in [1.165, 1.54) is 5.56 Å². The van der Waals surface area contributed by atoms with Gasteiger partial charge < -0.3 is 15.0 Å². The number of hydrogen-bond donors (Lipinski definition) is 2. The van der Waals surface area contributed by atoms with E-state index in [0.29, 0.717) is 25.1 Å². The smallest absolute Gasteiger partial charge is 0.255 e. The van der Waals surface area contributed by atoms with E-state index in [1.54, 1.807) is 4.90 Å². The lowest BCUT2D eigenvalue weighted by Gasteiger charge is -2.32. The van der Waals surface area contributed by atoms with Crippen LogP contribution < -0.4 is 15.4 Å². The largest absolute Gasteiger partial charge is 0.492 e. The Kier molecular flexibility index (Phi) is 3.37. The van der Waals surface area contributed by atoms with Crippen LogP contribution in [0.4, 0.5) is 0 Å². The summed E-state index contributed by atoms with van der Waals surface area (Å²) in [6.45, 7) is 3.04. The maximum absolute atomic E-state index is 12.9. The van der Waals surface area contributed by atoms with Crippen LogP contribution in [-0.4, -0.2) is 48.4 Å². The molecule has 0 bridgehead atoms. The standard InChI is InChI=1S/C19H21N3O4/c23-16-2-1-14(17(24)21-16)22-9-11-7-13-15(8-12(11)18(22)25)26-10-19(13)3-5-20-6-4-19/h7-8,14,20H,1-6,9-10H2,(H,21,23,24)/t14-/m1/s1. The molecule has 2 N–H and O–H groups in total. The van der Waals surface area contributed by atoms with Gasteiger partial charge in [0.05, 0.1) is 6.61 Å². The first kappa shape index (κ1) is 15.8. The van der Waals surface area contributed by atoms with Crippen LogP contribution in [0, 0.1) is 0 Å². The number of benzene rings is 1. The number of imide groups is 1. The van der Waals surface area contributed by atoms with Gasteiger partial charge in [0.15, 0.2) is 0 Å². The first-order valence-electron chi connectivity index (χ1n) is 9.23. The molecule has 136 valence electrons. The van der Waals surface area contributed by atoms with Crippen molar-refractivity contribution >= 4 is 17.7 Å². The van der Waals surface area contributed by atoms with Crippen molar-refractivity contribution in [3.8, 4) is 5.75 Å². The Morgan fingerprint density at radius 3 is 2.73 bits per heavy atom. The zero-order chi connectivity index (χ0) is 17.9. The molecule has 7 heteroatoms. The zero-order valence-electron chi connectivity index (χ0n) is 14.5. The number of rotatable bonds is 1. The van der Waals surface area contributed by atoms with Crippen LogP contribution in [0.2, 0.25) is 0 Å². The summed E-state index contributed by atoms with van der Waals surface area (Å²) in [5, 5.41) is 5.74. The molecule has 0 aliphatic carbocycles. The molecule has 1 aromatic rings. The van der Waals surface area contributed by atoms with Gasteiger partial charge in [0.2, 0.25) is 11.8 Å². The van der Waals surface area contributed by atoms with E-state index in [4.69, 9.17) is 4.74 Å². The molecule has 4 heterocycles. The van der Waals surface area contributed by atoms with Crippen molar-refractivity contribution in [2.45, 2.75) is 43.7 Å². The zero-order valence-corrected chi connectivity index (χ0v) is 14.5. The molecule has 2 saturated heterocycles. The van der Waals surface area contributed by atoms with E-state index in [0.717, 1.165) is 37.2 Å². The molecule has 4 aliphatic rings. The number of ether oxygens (including phenoxy) is 1. The maximum Gasteiger partial charge on any atom is 0.255 e. The highest BCUT2D eigenvalue weighted by atomic mass is 16.5. The molecular weight excluding hydrogens is 334 g/mol. The number of carbonyl (C=O) groups is 3. The normalized spacial score (nSPS) is 26.5. The summed E-state index contributed by atoms with van der Waals surface area (Å²) in [6.07, 6.45) is 2.72. The summed E-state index contributed by atoms with van der Waals surface area (Å²) >= 11 is 0. The van der Waals surface area contributed by atoms with Crippen LogP contribution >= 0.6 is 0 Å². The van der Waals surface area contributed by atoms with Crippen molar-refractivity contribution in [1.82, 2.24) is 15.5 Å². The highest BCUT2D eigenvalue weighted by Gasteiger charge is 2.45. The van der Waals surface area contributed by atoms with Crippen molar-refractivity contribution in [3.05, 3.63) is 28.8 Å². The van der Waals surface area contributed by atoms with E-state index in [9.17, 15) is 14.4 Å². The Hall–Kier alpha value is -2.41. The van der Waals surface area contributed by atoms with Gasteiger partial charge in [-0.15, -0.1) is 0 Å². The number of piperidine rings is 2. The highest BCUT2D eigenvalue weighted by Crippen LogP contribution is 2.46. The third kappa shape index (κ3) is 2.19. The predicted molar refractivity (Wildman–Crippen MR) is 91.8 cm³/mol. The van der Waals surface area contributed by atoms with Gasteiger partial charge in [-0.2, -0.15) is 0 Å². The summed E-state index contributed by atoms with van der Waals surface area (Å²) < 4.78 is 5.96. The summed E-state index contributed by atoms with van der Waals surface area (Å²) in [5.74, 6) is 0.0212. The molecule has 2 fully saturated rings. The summed E-state index contributed by atoms with van der Waals surface area (Å²) in [5.41, 5.74) is 2.83. The predicted octanol–water partition coefficient (Wildman–Crippen LogP) is 0.461. The van der Waals surface area contributed by atoms with Crippen molar-refractivity contribution in [3.63, 3.8) is 0 Å². The van der Waals surface area contributed by atoms with Gasteiger partial charge in [0.1, 0.15) is 11.8 Å². The Balaban J connectivity index is 1.47. The molecule has 1 aromatic carbocycles. The molecule has 1 atom stereocenters. The van der Waals surface area contributed by atoms with Gasteiger partial charge in [0, 0.05) is 29.5 Å². The lowest BCUT2D eigenvalue weighted by atomic mass is 9.74. The van der Waals surface area contributed by atoms with Crippen molar-refractivity contribution < 1.29 is 19.1 Å². The number of nitrogens with zero attached hydrogens (tertiary/aromatic N) is 1. The summed E-state index contributed by atoms with van der Waals surface area (Å²) in [7, 11) is 0. The van der Waals surface area contributed by atoms with Crippen LogP contribution in [-0.2, 0) is 21.5 Å². The second-order valence-electron chi connectivity index (χ2n) is 7.72. The minimum absolute atomic E-state index is 0.0424. The third-order valence-electron chi connectivity index (χ3n) is 6.26. The Morgan fingerprint density at radius 2 is 1.96 bits per heavy atom. The maximum atomic E-state index is 12.9. The topological polar surface area (TPSA) is 87.7 Å². The van der Waals surface area contributed by atoms with Gasteiger partial charge in [-0.3, -0.25) is 19.7 Å². The quantitative estimate of drug-likeness (QED) is 0.715. The van der Waals surface area contributed by atoms with Gasteiger partial charge in [-0.1, -0.05) is 0 Å². The second kappa shape index (κ2) is 5.54. The average molecular weight is 355 g/mol. The number of nitrogens with one attached hydrogen (secondary N) is 2. The fourth-order valence-corrected chi connectivity index (χ4v) is 4.74. The van der Waals surface area contributed by atoms with E-state index >= 15 is 0 Å². The number of fused-ring (bicyclic) bond motifs is 3. The lowest BCUT2D eigenvalue weighted by molar-refractivity contribution is -0.136. The van der Waals surface area contributed by atoms with Crippen LogP contribution in [0.5, 0.6) is 5.75 Å². The van der Waals surface area contributed by atoms with Gasteiger partial charge in [-0.25, -0.2) is 0 Å². The highest BCUT2D eigenvalue weighted by molar-refractivity contribution is 6.05. The first-order valence-corrected chi connectivity index (χ1v) is 9.23. The van der Waals surface area contributed by atoms with Crippen LogP contribution in [0.1, 0.15) is 47.2 Å². The van der Waals surface area contributed by atoms with Gasteiger partial charge >= 0.3 is 0 Å². The molecule has 5 rings (SSSR count). The van der Waals surface area contributed by atoms with E-state index in [2.05, 4.69) is 16.7 Å². The van der Waals surface area contributed by atoms with Gasteiger partial charge in [-0.05, 0) is 50.0 Å². The minimum atomic E-state index is -0.573. The average Bonchev–Trinajstić information content (AvgIpc) is 3.13. The Bertz CT molecular complexity index is 828. The van der Waals surface area contributed by atoms with Crippen LogP contribution in [0.3, 0.4) is 0 Å². The molecule has 26 heavy (non-hydrogen) atoms. The molecule has 0 aromatic heterocycles. The Morgan fingerprint density at radius 1 is 1.15 bits per heavy atom. The molecule has 0 unspecified atom stereocenters. The summed E-state index contributed by atoms with van der Waals surface area (Å²) in [6, 6.07) is 3.40. The van der Waals surface area contributed by atoms with E-state index in [-0.39, 0.29) is 29.6 Å². The van der Waals surface area contributed by atoms with Crippen molar-refractivity contribution in [2.24, 2.45) is 0 Å². The molecular formula is C19H21N3O4. The molecule has 0 saturated carbocycles. The van der Waals surface area contributed by atoms with Crippen LogP contribution in [0.25, 0.3) is 0 Å². The van der Waals surface area contributed by atoms with Crippen molar-refractivity contribution in [1.29, 1.82) is 0 Å². The number of carbonyl (C=O) groups excluding carboxylic acids is 3. The fourth-order valence-electron chi connectivity index (χ4n) is 4.74. The molecule has 0 radical (unpaired) electrons. The van der Waals surface area contributed by atoms with E-state index < -0.39 is 6.04 Å².